The Morgan fingerprint density at radius 1 is 1.42 bits per heavy atom. The minimum Gasteiger partial charge on any atom is -0.509 e. The van der Waals surface area contributed by atoms with Crippen LogP contribution in [0.1, 0.15) is 6.92 Å². The SMILES string of the molecule is CCOC(=O)C1=C(O)CN(c2ccc(Cl)cc2)C1=O. The number of nitrogens with zero attached hydrogens (tertiary/aromatic N) is 1. The highest BCUT2D eigenvalue weighted by Gasteiger charge is 2.36. The molecular weight excluding hydrogens is 270 g/mol. The van der Waals surface area contributed by atoms with Crippen LogP contribution in [-0.4, -0.2) is 30.1 Å². The van der Waals surface area contributed by atoms with E-state index in [0.717, 1.165) is 0 Å². The van der Waals surface area contributed by atoms with Gasteiger partial charge < -0.3 is 14.7 Å². The highest BCUT2D eigenvalue weighted by molar-refractivity contribution is 6.30. The molecule has 1 heterocycles. The summed E-state index contributed by atoms with van der Waals surface area (Å²) in [5.74, 6) is -1.65. The van der Waals surface area contributed by atoms with Crippen LogP contribution in [0.15, 0.2) is 35.6 Å². The van der Waals surface area contributed by atoms with Gasteiger partial charge in [0.25, 0.3) is 5.91 Å². The number of ether oxygens (including phenoxy) is 1. The van der Waals surface area contributed by atoms with Gasteiger partial charge in [-0.3, -0.25) is 4.79 Å². The fourth-order valence-corrected chi connectivity index (χ4v) is 1.92. The maximum Gasteiger partial charge on any atom is 0.347 e. The highest BCUT2D eigenvalue weighted by Crippen LogP contribution is 2.26. The summed E-state index contributed by atoms with van der Waals surface area (Å²) in [7, 11) is 0. The molecule has 1 N–H and O–H groups in total. The van der Waals surface area contributed by atoms with E-state index in [0.29, 0.717) is 10.7 Å². The van der Waals surface area contributed by atoms with Gasteiger partial charge in [-0.2, -0.15) is 0 Å². The van der Waals surface area contributed by atoms with Crippen LogP contribution in [0.3, 0.4) is 0 Å². The molecule has 6 heteroatoms. The molecule has 1 amide bonds. The molecule has 0 fully saturated rings. The minimum atomic E-state index is -0.804. The first kappa shape index (κ1) is 13.4. The molecule has 1 aliphatic heterocycles. The molecule has 0 bridgehead atoms. The Bertz CT molecular complexity index is 550. The van der Waals surface area contributed by atoms with Crippen molar-refractivity contribution in [2.24, 2.45) is 0 Å². The van der Waals surface area contributed by atoms with Gasteiger partial charge in [0.05, 0.1) is 13.2 Å². The van der Waals surface area contributed by atoms with Gasteiger partial charge >= 0.3 is 5.97 Å². The van der Waals surface area contributed by atoms with Gasteiger partial charge in [-0.05, 0) is 31.2 Å². The summed E-state index contributed by atoms with van der Waals surface area (Å²) in [6, 6.07) is 6.54. The molecule has 5 nitrogen and oxygen atoms in total. The molecule has 0 atom stereocenters. The number of aliphatic hydroxyl groups excluding tert-OH is 1. The van der Waals surface area contributed by atoms with Crippen LogP contribution in [0.5, 0.6) is 0 Å². The standard InChI is InChI=1S/C13H12ClNO4/c1-2-19-13(18)11-10(16)7-15(12(11)17)9-5-3-8(14)4-6-9/h3-6,16H,2,7H2,1H3. The van der Waals surface area contributed by atoms with Gasteiger partial charge in [-0.15, -0.1) is 0 Å². The summed E-state index contributed by atoms with van der Waals surface area (Å²) in [5, 5.41) is 10.3. The Labute approximate surface area is 115 Å². The van der Waals surface area contributed by atoms with Crippen molar-refractivity contribution in [3.05, 3.63) is 40.6 Å². The van der Waals surface area contributed by atoms with E-state index in [9.17, 15) is 14.7 Å². The van der Waals surface area contributed by atoms with Crippen molar-refractivity contribution in [3.8, 4) is 0 Å². The van der Waals surface area contributed by atoms with E-state index in [1.54, 1.807) is 31.2 Å². The lowest BCUT2D eigenvalue weighted by atomic mass is 10.2. The maximum atomic E-state index is 12.1. The summed E-state index contributed by atoms with van der Waals surface area (Å²) in [6.07, 6.45) is 0. The number of hydrogen-bond donors (Lipinski definition) is 1. The first-order chi connectivity index (χ1) is 9.04. The van der Waals surface area contributed by atoms with Crippen LogP contribution in [0.25, 0.3) is 0 Å². The smallest absolute Gasteiger partial charge is 0.347 e. The Morgan fingerprint density at radius 2 is 2.05 bits per heavy atom. The van der Waals surface area contributed by atoms with E-state index in [2.05, 4.69) is 0 Å². The number of esters is 1. The molecule has 0 aliphatic carbocycles. The molecule has 1 aliphatic rings. The highest BCUT2D eigenvalue weighted by atomic mass is 35.5. The molecule has 1 aromatic carbocycles. The summed E-state index contributed by atoms with van der Waals surface area (Å²) in [5.41, 5.74) is 0.247. The Morgan fingerprint density at radius 3 is 2.63 bits per heavy atom. The average Bonchev–Trinajstić information content (AvgIpc) is 2.66. The van der Waals surface area contributed by atoms with Gasteiger partial charge in [0.1, 0.15) is 5.76 Å². The Kier molecular flexibility index (Phi) is 3.76. The number of hydrogen-bond acceptors (Lipinski definition) is 4. The molecule has 0 radical (unpaired) electrons. The van der Waals surface area contributed by atoms with Crippen molar-refractivity contribution in [3.63, 3.8) is 0 Å². The molecule has 100 valence electrons. The van der Waals surface area contributed by atoms with Crippen molar-refractivity contribution in [2.45, 2.75) is 6.92 Å². The Balaban J connectivity index is 2.24. The number of amides is 1. The number of benzene rings is 1. The van der Waals surface area contributed by atoms with Gasteiger partial charge in [0.15, 0.2) is 5.57 Å². The zero-order valence-electron chi connectivity index (χ0n) is 10.2. The van der Waals surface area contributed by atoms with E-state index in [1.807, 2.05) is 0 Å². The monoisotopic (exact) mass is 281 g/mol. The van der Waals surface area contributed by atoms with E-state index in [-0.39, 0.29) is 24.5 Å². The topological polar surface area (TPSA) is 66.8 Å². The van der Waals surface area contributed by atoms with Crippen molar-refractivity contribution in [1.82, 2.24) is 0 Å². The van der Waals surface area contributed by atoms with Crippen molar-refractivity contribution in [2.75, 3.05) is 18.1 Å². The van der Waals surface area contributed by atoms with Crippen molar-refractivity contribution < 1.29 is 19.4 Å². The number of rotatable bonds is 3. The quantitative estimate of drug-likeness (QED) is 0.680. The number of halogens is 1. The molecular formula is C13H12ClNO4. The zero-order valence-corrected chi connectivity index (χ0v) is 11.0. The number of carbonyl (C=O) groups is 2. The summed E-state index contributed by atoms with van der Waals surface area (Å²) < 4.78 is 4.74. The third-order valence-electron chi connectivity index (χ3n) is 2.67. The second-order valence-corrected chi connectivity index (χ2v) is 4.35. The fraction of sp³-hybridized carbons (Fsp3) is 0.231. The van der Waals surface area contributed by atoms with Crippen molar-refractivity contribution >= 4 is 29.2 Å². The van der Waals surface area contributed by atoms with Gasteiger partial charge in [0, 0.05) is 10.7 Å². The van der Waals surface area contributed by atoms with Gasteiger partial charge in [-0.25, -0.2) is 4.79 Å². The van der Waals surface area contributed by atoms with Crippen LogP contribution in [0, 0.1) is 0 Å². The lowest BCUT2D eigenvalue weighted by molar-refractivity contribution is -0.139. The normalized spacial score (nSPS) is 15.1. The number of aliphatic hydroxyl groups is 1. The van der Waals surface area contributed by atoms with E-state index >= 15 is 0 Å². The lowest BCUT2D eigenvalue weighted by Crippen LogP contribution is -2.28. The second kappa shape index (κ2) is 5.32. The predicted molar refractivity (Wildman–Crippen MR) is 70.1 cm³/mol. The maximum absolute atomic E-state index is 12.1. The minimum absolute atomic E-state index is 0.0470. The van der Waals surface area contributed by atoms with E-state index < -0.39 is 11.9 Å². The van der Waals surface area contributed by atoms with Gasteiger partial charge in [0.2, 0.25) is 0 Å². The third-order valence-corrected chi connectivity index (χ3v) is 2.93. The number of carbonyl (C=O) groups excluding carboxylic acids is 2. The fourth-order valence-electron chi connectivity index (χ4n) is 1.80. The van der Waals surface area contributed by atoms with Crippen LogP contribution < -0.4 is 4.90 Å². The second-order valence-electron chi connectivity index (χ2n) is 3.91. The predicted octanol–water partition coefficient (Wildman–Crippen LogP) is 2.06. The molecule has 0 unspecified atom stereocenters. The van der Waals surface area contributed by atoms with Gasteiger partial charge in [-0.1, -0.05) is 11.6 Å². The molecule has 19 heavy (non-hydrogen) atoms. The summed E-state index contributed by atoms with van der Waals surface area (Å²) >= 11 is 5.77. The first-order valence-corrected chi connectivity index (χ1v) is 6.09. The molecule has 0 saturated carbocycles. The Hall–Kier alpha value is -2.01. The molecule has 0 aromatic heterocycles. The molecule has 1 aromatic rings. The van der Waals surface area contributed by atoms with Crippen LogP contribution in [0.2, 0.25) is 5.02 Å². The lowest BCUT2D eigenvalue weighted by Gasteiger charge is -2.16. The zero-order chi connectivity index (χ0) is 14.0. The third kappa shape index (κ3) is 2.56. The van der Waals surface area contributed by atoms with E-state index in [4.69, 9.17) is 16.3 Å². The summed E-state index contributed by atoms with van der Waals surface area (Å²) in [4.78, 5) is 25.0. The largest absolute Gasteiger partial charge is 0.509 e. The molecule has 0 saturated heterocycles. The van der Waals surface area contributed by atoms with Crippen LogP contribution in [0.4, 0.5) is 5.69 Å². The van der Waals surface area contributed by atoms with Crippen LogP contribution >= 0.6 is 11.6 Å². The van der Waals surface area contributed by atoms with E-state index in [1.165, 1.54) is 4.90 Å². The summed E-state index contributed by atoms with van der Waals surface area (Å²) in [6.45, 7) is 1.73. The average molecular weight is 282 g/mol. The van der Waals surface area contributed by atoms with Crippen LogP contribution in [-0.2, 0) is 14.3 Å². The molecule has 2 rings (SSSR count). The first-order valence-electron chi connectivity index (χ1n) is 5.71. The van der Waals surface area contributed by atoms with Crippen molar-refractivity contribution in [1.29, 1.82) is 0 Å². The number of anilines is 1. The molecule has 0 spiro atoms.